The molecule has 4 nitrogen and oxygen atoms in total. The lowest BCUT2D eigenvalue weighted by atomic mass is 9.90. The molecule has 0 bridgehead atoms. The van der Waals surface area contributed by atoms with Crippen molar-refractivity contribution in [3.8, 4) is 22.6 Å². The van der Waals surface area contributed by atoms with Gasteiger partial charge >= 0.3 is 0 Å². The lowest BCUT2D eigenvalue weighted by Crippen LogP contribution is -2.23. The number of benzene rings is 3. The van der Waals surface area contributed by atoms with Crippen molar-refractivity contribution in [3.05, 3.63) is 82.9 Å². The topological polar surface area (TPSA) is 34.1 Å². The predicted molar refractivity (Wildman–Crippen MR) is 136 cm³/mol. The Morgan fingerprint density at radius 1 is 0.875 bits per heavy atom. The minimum Gasteiger partial charge on any atom is -0.493 e. The maximum Gasteiger partial charge on any atom is 0.161 e. The number of aliphatic imine (C=N–C) groups is 1. The van der Waals surface area contributed by atoms with Crippen LogP contribution in [0.25, 0.3) is 22.8 Å². The summed E-state index contributed by atoms with van der Waals surface area (Å²) in [6, 6.07) is 21.0. The summed E-state index contributed by atoms with van der Waals surface area (Å²) in [5, 5.41) is 0. The van der Waals surface area contributed by atoms with E-state index in [1.54, 1.807) is 14.2 Å². The Morgan fingerprint density at radius 2 is 1.53 bits per heavy atom. The van der Waals surface area contributed by atoms with Crippen LogP contribution >= 0.6 is 0 Å². The monoisotopic (exact) mass is 428 g/mol. The van der Waals surface area contributed by atoms with Gasteiger partial charge in [0.15, 0.2) is 11.5 Å². The van der Waals surface area contributed by atoms with E-state index in [0.717, 1.165) is 33.8 Å². The minimum absolute atomic E-state index is 0.707. The van der Waals surface area contributed by atoms with Crippen LogP contribution < -0.4 is 9.47 Å². The molecule has 0 aliphatic rings. The Balaban J connectivity index is 2.27. The summed E-state index contributed by atoms with van der Waals surface area (Å²) in [4.78, 5) is 6.68. The largest absolute Gasteiger partial charge is 0.493 e. The molecule has 0 unspecified atom stereocenters. The highest BCUT2D eigenvalue weighted by atomic mass is 16.5. The molecule has 3 aromatic rings. The highest BCUT2D eigenvalue weighted by Crippen LogP contribution is 2.35. The van der Waals surface area contributed by atoms with Crippen LogP contribution in [-0.4, -0.2) is 46.1 Å². The Labute approximate surface area is 191 Å². The van der Waals surface area contributed by atoms with E-state index in [9.17, 15) is 0 Å². The summed E-state index contributed by atoms with van der Waals surface area (Å²) in [5.41, 5.74) is 8.00. The first-order chi connectivity index (χ1) is 15.4. The van der Waals surface area contributed by atoms with Gasteiger partial charge in [0.05, 0.1) is 14.2 Å². The van der Waals surface area contributed by atoms with Crippen molar-refractivity contribution in [2.24, 2.45) is 4.99 Å². The molecule has 0 fully saturated rings. The molecule has 166 valence electrons. The molecular weight excluding hydrogens is 396 g/mol. The molecule has 3 rings (SSSR count). The van der Waals surface area contributed by atoms with Crippen LogP contribution in [0, 0.1) is 13.8 Å². The molecule has 4 heteroatoms. The number of likely N-dealkylation sites (N-methyl/N-ethyl adjacent to an activating group) is 1. The number of amidine groups is 1. The maximum atomic E-state index is 5.56. The average Bonchev–Trinajstić information content (AvgIpc) is 2.80. The summed E-state index contributed by atoms with van der Waals surface area (Å²) in [7, 11) is 9.20. The molecule has 0 aliphatic carbocycles. The summed E-state index contributed by atoms with van der Waals surface area (Å²) in [6.45, 7) is 4.26. The van der Waals surface area contributed by atoms with E-state index in [0.29, 0.717) is 5.75 Å². The lowest BCUT2D eigenvalue weighted by Gasteiger charge is -2.22. The molecule has 0 N–H and O–H groups in total. The molecule has 0 atom stereocenters. The third-order valence-electron chi connectivity index (χ3n) is 5.66. The van der Waals surface area contributed by atoms with Crippen LogP contribution in [-0.2, 0) is 0 Å². The quantitative estimate of drug-likeness (QED) is 0.269. The van der Waals surface area contributed by atoms with Gasteiger partial charge in [-0.25, -0.2) is 0 Å². The number of hydrogen-bond acceptors (Lipinski definition) is 3. The van der Waals surface area contributed by atoms with Gasteiger partial charge < -0.3 is 14.4 Å². The zero-order valence-electron chi connectivity index (χ0n) is 20.1. The molecule has 0 heterocycles. The normalized spacial score (nSPS) is 12.0. The van der Waals surface area contributed by atoms with Crippen molar-refractivity contribution in [2.75, 3.05) is 35.4 Å². The SMILES string of the molecule is CN=C(/C(=C\c1cc(OC)c(OC)cc1C)c1cccc(-c2ccccc2)c1C)N(C)C. The average molecular weight is 429 g/mol. The van der Waals surface area contributed by atoms with Gasteiger partial charge in [-0.3, -0.25) is 4.99 Å². The van der Waals surface area contributed by atoms with Crippen molar-refractivity contribution in [2.45, 2.75) is 13.8 Å². The number of methoxy groups -OCH3 is 2. The van der Waals surface area contributed by atoms with Crippen LogP contribution in [0.1, 0.15) is 22.3 Å². The fourth-order valence-corrected chi connectivity index (χ4v) is 3.99. The number of aryl methyl sites for hydroxylation is 1. The fourth-order valence-electron chi connectivity index (χ4n) is 3.99. The lowest BCUT2D eigenvalue weighted by molar-refractivity contribution is 0.354. The number of ether oxygens (including phenoxy) is 2. The van der Waals surface area contributed by atoms with Gasteiger partial charge in [-0.05, 0) is 65.4 Å². The van der Waals surface area contributed by atoms with Gasteiger partial charge in [0.2, 0.25) is 0 Å². The van der Waals surface area contributed by atoms with Gasteiger partial charge in [0.1, 0.15) is 5.84 Å². The van der Waals surface area contributed by atoms with Gasteiger partial charge in [0, 0.05) is 26.7 Å². The Kier molecular flexibility index (Phi) is 7.37. The first kappa shape index (κ1) is 23.1. The highest BCUT2D eigenvalue weighted by Gasteiger charge is 2.17. The first-order valence-electron chi connectivity index (χ1n) is 10.7. The molecule has 0 spiro atoms. The third kappa shape index (κ3) is 4.70. The molecule has 0 saturated carbocycles. The van der Waals surface area contributed by atoms with Gasteiger partial charge in [-0.15, -0.1) is 0 Å². The van der Waals surface area contributed by atoms with E-state index in [1.807, 2.05) is 39.3 Å². The van der Waals surface area contributed by atoms with Crippen molar-refractivity contribution in [1.29, 1.82) is 0 Å². The second-order valence-electron chi connectivity index (χ2n) is 7.91. The Morgan fingerprint density at radius 3 is 2.12 bits per heavy atom. The standard InChI is InChI=1S/C28H32N2O2/c1-19-16-26(31-6)27(32-7)18-22(19)17-25(28(29-3)30(4)5)24-15-11-14-23(20(24)2)21-12-9-8-10-13-21/h8-18H,1-7H3/b25-17-,29-28?. The highest BCUT2D eigenvalue weighted by molar-refractivity contribution is 6.27. The van der Waals surface area contributed by atoms with Crippen molar-refractivity contribution < 1.29 is 9.47 Å². The van der Waals surface area contributed by atoms with Crippen LogP contribution in [0.15, 0.2) is 65.7 Å². The summed E-state index contributed by atoms with van der Waals surface area (Å²) in [5.74, 6) is 2.34. The molecule has 0 aliphatic heterocycles. The molecule has 3 aromatic carbocycles. The van der Waals surface area contributed by atoms with Crippen LogP contribution in [0.3, 0.4) is 0 Å². The van der Waals surface area contributed by atoms with E-state index in [2.05, 4.69) is 72.3 Å². The minimum atomic E-state index is 0.707. The Bertz CT molecular complexity index is 1150. The van der Waals surface area contributed by atoms with Gasteiger partial charge in [-0.1, -0.05) is 48.5 Å². The molecule has 0 aromatic heterocycles. The zero-order valence-corrected chi connectivity index (χ0v) is 20.1. The molecule has 32 heavy (non-hydrogen) atoms. The molecule has 0 amide bonds. The van der Waals surface area contributed by atoms with Gasteiger partial charge in [-0.2, -0.15) is 0 Å². The predicted octanol–water partition coefficient (Wildman–Crippen LogP) is 6.12. The molecule has 0 saturated heterocycles. The summed E-state index contributed by atoms with van der Waals surface area (Å²) >= 11 is 0. The van der Waals surface area contributed by atoms with Crippen molar-refractivity contribution in [3.63, 3.8) is 0 Å². The zero-order chi connectivity index (χ0) is 23.3. The van der Waals surface area contributed by atoms with Crippen LogP contribution in [0.4, 0.5) is 0 Å². The van der Waals surface area contributed by atoms with E-state index in [4.69, 9.17) is 9.47 Å². The van der Waals surface area contributed by atoms with Crippen LogP contribution in [0.2, 0.25) is 0 Å². The number of rotatable bonds is 6. The second-order valence-corrected chi connectivity index (χ2v) is 7.91. The van der Waals surface area contributed by atoms with E-state index in [1.165, 1.54) is 16.7 Å². The van der Waals surface area contributed by atoms with E-state index < -0.39 is 0 Å². The second kappa shape index (κ2) is 10.2. The summed E-state index contributed by atoms with van der Waals surface area (Å²) < 4.78 is 11.0. The Hall–Kier alpha value is -3.53. The van der Waals surface area contributed by atoms with Gasteiger partial charge in [0.25, 0.3) is 0 Å². The maximum absolute atomic E-state index is 5.56. The molecular formula is C28H32N2O2. The smallest absolute Gasteiger partial charge is 0.161 e. The van der Waals surface area contributed by atoms with E-state index >= 15 is 0 Å². The first-order valence-corrected chi connectivity index (χ1v) is 10.7. The fraction of sp³-hybridized carbons (Fsp3) is 0.250. The number of nitrogens with zero attached hydrogens (tertiary/aromatic N) is 2. The molecule has 0 radical (unpaired) electrons. The number of hydrogen-bond donors (Lipinski definition) is 0. The van der Waals surface area contributed by atoms with Crippen molar-refractivity contribution in [1.82, 2.24) is 4.90 Å². The van der Waals surface area contributed by atoms with E-state index in [-0.39, 0.29) is 0 Å². The summed E-state index contributed by atoms with van der Waals surface area (Å²) in [6.07, 6.45) is 2.19. The van der Waals surface area contributed by atoms with Crippen LogP contribution in [0.5, 0.6) is 11.5 Å². The van der Waals surface area contributed by atoms with Crippen molar-refractivity contribution >= 4 is 17.5 Å². The third-order valence-corrected chi connectivity index (χ3v) is 5.66.